The third kappa shape index (κ3) is 2.76. The summed E-state index contributed by atoms with van der Waals surface area (Å²) in [6.45, 7) is 5.48. The highest BCUT2D eigenvalue weighted by molar-refractivity contribution is 5.37. The number of benzene rings is 1. The fourth-order valence-electron chi connectivity index (χ4n) is 1.95. The second kappa shape index (κ2) is 4.88. The molecule has 0 saturated heterocycles. The highest BCUT2D eigenvalue weighted by atomic mass is 16.5. The van der Waals surface area contributed by atoms with Crippen LogP contribution in [-0.4, -0.2) is 13.7 Å². The van der Waals surface area contributed by atoms with Gasteiger partial charge >= 0.3 is 0 Å². The van der Waals surface area contributed by atoms with Crippen LogP contribution >= 0.6 is 0 Å². The van der Waals surface area contributed by atoms with Gasteiger partial charge in [-0.15, -0.1) is 0 Å². The average Bonchev–Trinajstić information content (AvgIpc) is 3.09. The summed E-state index contributed by atoms with van der Waals surface area (Å²) >= 11 is 0. The lowest BCUT2D eigenvalue weighted by molar-refractivity contribution is 0.411. The van der Waals surface area contributed by atoms with Crippen LogP contribution in [0.1, 0.15) is 36.9 Å². The van der Waals surface area contributed by atoms with Crippen LogP contribution in [0.2, 0.25) is 0 Å². The van der Waals surface area contributed by atoms with Crippen molar-refractivity contribution in [3.63, 3.8) is 0 Å². The predicted octanol–water partition coefficient (Wildman–Crippen LogP) is 3.06. The summed E-state index contributed by atoms with van der Waals surface area (Å²) in [5, 5.41) is 3.58. The van der Waals surface area contributed by atoms with Crippen LogP contribution in [0.25, 0.3) is 0 Å². The van der Waals surface area contributed by atoms with E-state index in [4.69, 9.17) is 4.74 Å². The third-order valence-corrected chi connectivity index (χ3v) is 3.33. The maximum Gasteiger partial charge on any atom is 0.121 e. The van der Waals surface area contributed by atoms with E-state index < -0.39 is 0 Å². The second-order valence-corrected chi connectivity index (χ2v) is 4.80. The summed E-state index contributed by atoms with van der Waals surface area (Å²) < 4.78 is 5.27. The van der Waals surface area contributed by atoms with Crippen molar-refractivity contribution in [3.05, 3.63) is 29.3 Å². The Bertz CT molecular complexity index is 358. The van der Waals surface area contributed by atoms with Crippen molar-refractivity contribution in [2.75, 3.05) is 13.7 Å². The molecule has 88 valence electrons. The van der Waals surface area contributed by atoms with Crippen LogP contribution in [0.5, 0.6) is 5.75 Å². The molecule has 1 fully saturated rings. The molecular weight excluding hydrogens is 198 g/mol. The van der Waals surface area contributed by atoms with Crippen molar-refractivity contribution >= 4 is 0 Å². The zero-order valence-electron chi connectivity index (χ0n) is 10.4. The molecule has 1 aromatic carbocycles. The standard InChI is InChI=1S/C14H21NO/c1-10-8-13(6-7-14(10)16-3)11(2)15-9-12-4-5-12/h6-8,11-12,15H,4-5,9H2,1-3H3. The molecule has 0 amide bonds. The van der Waals surface area contributed by atoms with Crippen LogP contribution in [0, 0.1) is 12.8 Å². The van der Waals surface area contributed by atoms with E-state index in [1.54, 1.807) is 7.11 Å². The fraction of sp³-hybridized carbons (Fsp3) is 0.571. The zero-order chi connectivity index (χ0) is 11.5. The fourth-order valence-corrected chi connectivity index (χ4v) is 1.95. The summed E-state index contributed by atoms with van der Waals surface area (Å²) in [6, 6.07) is 6.85. The minimum Gasteiger partial charge on any atom is -0.496 e. The predicted molar refractivity (Wildman–Crippen MR) is 66.9 cm³/mol. The minimum absolute atomic E-state index is 0.435. The number of ether oxygens (including phenoxy) is 1. The van der Waals surface area contributed by atoms with Gasteiger partial charge in [0.05, 0.1) is 7.11 Å². The average molecular weight is 219 g/mol. The van der Waals surface area contributed by atoms with Gasteiger partial charge in [0, 0.05) is 6.04 Å². The molecule has 1 N–H and O–H groups in total. The first-order chi connectivity index (χ1) is 7.70. The van der Waals surface area contributed by atoms with Gasteiger partial charge in [0.15, 0.2) is 0 Å². The van der Waals surface area contributed by atoms with Crippen LogP contribution < -0.4 is 10.1 Å². The zero-order valence-corrected chi connectivity index (χ0v) is 10.4. The molecule has 1 aliphatic carbocycles. The Morgan fingerprint density at radius 2 is 2.19 bits per heavy atom. The first-order valence-corrected chi connectivity index (χ1v) is 6.08. The van der Waals surface area contributed by atoms with Gasteiger partial charge < -0.3 is 10.1 Å². The van der Waals surface area contributed by atoms with Crippen molar-refractivity contribution in [2.24, 2.45) is 5.92 Å². The molecule has 0 heterocycles. The topological polar surface area (TPSA) is 21.3 Å². The monoisotopic (exact) mass is 219 g/mol. The lowest BCUT2D eigenvalue weighted by Gasteiger charge is -2.15. The number of methoxy groups -OCH3 is 1. The molecule has 0 spiro atoms. The minimum atomic E-state index is 0.435. The van der Waals surface area contributed by atoms with Gasteiger partial charge in [-0.2, -0.15) is 0 Å². The molecule has 1 saturated carbocycles. The normalized spacial score (nSPS) is 17.2. The van der Waals surface area contributed by atoms with Crippen molar-refractivity contribution in [1.82, 2.24) is 5.32 Å². The third-order valence-electron chi connectivity index (χ3n) is 3.33. The molecule has 0 radical (unpaired) electrons. The van der Waals surface area contributed by atoms with E-state index in [-0.39, 0.29) is 0 Å². The Morgan fingerprint density at radius 3 is 2.75 bits per heavy atom. The van der Waals surface area contributed by atoms with Gasteiger partial charge in [-0.1, -0.05) is 12.1 Å². The van der Waals surface area contributed by atoms with Gasteiger partial charge in [0.1, 0.15) is 5.75 Å². The van der Waals surface area contributed by atoms with E-state index in [0.717, 1.165) is 18.2 Å². The molecule has 2 rings (SSSR count). The van der Waals surface area contributed by atoms with Crippen LogP contribution in [0.15, 0.2) is 18.2 Å². The summed E-state index contributed by atoms with van der Waals surface area (Å²) in [5.41, 5.74) is 2.55. The molecule has 1 aliphatic rings. The molecule has 1 unspecified atom stereocenters. The molecule has 0 aliphatic heterocycles. The Morgan fingerprint density at radius 1 is 1.44 bits per heavy atom. The van der Waals surface area contributed by atoms with Crippen molar-refractivity contribution in [2.45, 2.75) is 32.7 Å². The Hall–Kier alpha value is -1.02. The van der Waals surface area contributed by atoms with E-state index in [1.807, 2.05) is 0 Å². The molecule has 1 atom stereocenters. The van der Waals surface area contributed by atoms with Crippen molar-refractivity contribution in [1.29, 1.82) is 0 Å². The Labute approximate surface area is 98.0 Å². The van der Waals surface area contributed by atoms with E-state index in [0.29, 0.717) is 6.04 Å². The van der Waals surface area contributed by atoms with E-state index >= 15 is 0 Å². The summed E-state index contributed by atoms with van der Waals surface area (Å²) in [7, 11) is 1.72. The highest BCUT2D eigenvalue weighted by Gasteiger charge is 2.21. The quantitative estimate of drug-likeness (QED) is 0.821. The van der Waals surface area contributed by atoms with Gasteiger partial charge in [-0.25, -0.2) is 0 Å². The van der Waals surface area contributed by atoms with Crippen LogP contribution in [-0.2, 0) is 0 Å². The summed E-state index contributed by atoms with van der Waals surface area (Å²) in [4.78, 5) is 0. The second-order valence-electron chi connectivity index (χ2n) is 4.80. The lowest BCUT2D eigenvalue weighted by atomic mass is 10.0. The van der Waals surface area contributed by atoms with E-state index in [1.165, 1.54) is 24.0 Å². The largest absolute Gasteiger partial charge is 0.496 e. The Balaban J connectivity index is 1.98. The molecular formula is C14H21NO. The smallest absolute Gasteiger partial charge is 0.121 e. The van der Waals surface area contributed by atoms with Crippen molar-refractivity contribution in [3.8, 4) is 5.75 Å². The highest BCUT2D eigenvalue weighted by Crippen LogP contribution is 2.29. The first-order valence-electron chi connectivity index (χ1n) is 6.08. The van der Waals surface area contributed by atoms with Gasteiger partial charge in [0.2, 0.25) is 0 Å². The number of rotatable bonds is 5. The van der Waals surface area contributed by atoms with Crippen LogP contribution in [0.4, 0.5) is 0 Å². The molecule has 0 bridgehead atoms. The molecule has 1 aromatic rings. The summed E-state index contributed by atoms with van der Waals surface area (Å²) in [5.74, 6) is 1.90. The molecule has 2 heteroatoms. The molecule has 16 heavy (non-hydrogen) atoms. The molecule has 0 aromatic heterocycles. The lowest BCUT2D eigenvalue weighted by Crippen LogP contribution is -2.21. The number of hydrogen-bond acceptors (Lipinski definition) is 2. The number of aryl methyl sites for hydroxylation is 1. The van der Waals surface area contributed by atoms with Crippen molar-refractivity contribution < 1.29 is 4.74 Å². The van der Waals surface area contributed by atoms with Crippen LogP contribution in [0.3, 0.4) is 0 Å². The van der Waals surface area contributed by atoms with E-state index in [9.17, 15) is 0 Å². The first kappa shape index (κ1) is 11.5. The molecule has 2 nitrogen and oxygen atoms in total. The van der Waals surface area contributed by atoms with E-state index in [2.05, 4.69) is 37.4 Å². The maximum atomic E-state index is 5.27. The van der Waals surface area contributed by atoms with Gasteiger partial charge in [0.25, 0.3) is 0 Å². The maximum absolute atomic E-state index is 5.27. The number of hydrogen-bond donors (Lipinski definition) is 1. The SMILES string of the molecule is COc1ccc(C(C)NCC2CC2)cc1C. The number of nitrogens with one attached hydrogen (secondary N) is 1. The summed E-state index contributed by atoms with van der Waals surface area (Å²) in [6.07, 6.45) is 2.81. The van der Waals surface area contributed by atoms with Gasteiger partial charge in [-0.3, -0.25) is 0 Å². The van der Waals surface area contributed by atoms with Gasteiger partial charge in [-0.05, 0) is 56.3 Å². The Kier molecular flexibility index (Phi) is 3.49.